The van der Waals surface area contributed by atoms with E-state index in [9.17, 15) is 13.2 Å². The van der Waals surface area contributed by atoms with Crippen molar-refractivity contribution in [3.8, 4) is 11.1 Å². The second-order valence-corrected chi connectivity index (χ2v) is 9.00. The number of amides is 1. The Morgan fingerprint density at radius 3 is 2.45 bits per heavy atom. The lowest BCUT2D eigenvalue weighted by atomic mass is 10.0. The van der Waals surface area contributed by atoms with Crippen LogP contribution in [0.1, 0.15) is 0 Å². The summed E-state index contributed by atoms with van der Waals surface area (Å²) in [6.07, 6.45) is 2.55. The number of fused-ring (bicyclic) bond motifs is 2. The van der Waals surface area contributed by atoms with Crippen molar-refractivity contribution in [3.05, 3.63) is 90.9 Å². The molecular formula is C24H16FN4O3S. The second kappa shape index (κ2) is 7.72. The summed E-state index contributed by atoms with van der Waals surface area (Å²) in [6, 6.07) is 20.7. The molecule has 0 bridgehead atoms. The Kier molecular flexibility index (Phi) is 4.83. The van der Waals surface area contributed by atoms with E-state index in [-0.39, 0.29) is 16.0 Å². The van der Waals surface area contributed by atoms with Crippen molar-refractivity contribution in [1.29, 1.82) is 0 Å². The molecule has 0 aliphatic heterocycles. The number of benzene rings is 4. The SMILES string of the molecule is NC(=O)n1n[c]c2ccc(-c3ccc(NS(=O)(=O)c4cccc5ccccc45)cc3)c(F)c21. The molecule has 1 amide bonds. The van der Waals surface area contributed by atoms with Gasteiger partial charge in [0.15, 0.2) is 5.82 Å². The highest BCUT2D eigenvalue weighted by Crippen LogP contribution is 2.30. The van der Waals surface area contributed by atoms with Gasteiger partial charge in [0.1, 0.15) is 11.7 Å². The van der Waals surface area contributed by atoms with Crippen LogP contribution in [-0.4, -0.2) is 24.2 Å². The molecule has 0 aliphatic carbocycles. The summed E-state index contributed by atoms with van der Waals surface area (Å²) in [4.78, 5) is 11.7. The van der Waals surface area contributed by atoms with Crippen molar-refractivity contribution in [1.82, 2.24) is 9.78 Å². The predicted octanol–water partition coefficient (Wildman–Crippen LogP) is 4.52. The van der Waals surface area contributed by atoms with Gasteiger partial charge >= 0.3 is 6.03 Å². The van der Waals surface area contributed by atoms with Crippen LogP contribution < -0.4 is 10.5 Å². The number of primary amides is 1. The molecule has 0 saturated heterocycles. The number of nitrogens with zero attached hydrogens (tertiary/aromatic N) is 2. The Balaban J connectivity index is 1.49. The average Bonchev–Trinajstić information content (AvgIpc) is 3.25. The van der Waals surface area contributed by atoms with Crippen molar-refractivity contribution >= 4 is 43.4 Å². The predicted molar refractivity (Wildman–Crippen MR) is 124 cm³/mol. The summed E-state index contributed by atoms with van der Waals surface area (Å²) in [5.74, 6) is -0.677. The second-order valence-electron chi connectivity index (χ2n) is 7.35. The van der Waals surface area contributed by atoms with Crippen LogP contribution in [0, 0.1) is 12.0 Å². The normalized spacial score (nSPS) is 11.7. The van der Waals surface area contributed by atoms with Crippen LogP contribution in [0.25, 0.3) is 32.8 Å². The van der Waals surface area contributed by atoms with Crippen molar-refractivity contribution in [2.24, 2.45) is 5.73 Å². The van der Waals surface area contributed by atoms with Crippen LogP contribution in [0.5, 0.6) is 0 Å². The van der Waals surface area contributed by atoms with Gasteiger partial charge in [0.05, 0.1) is 4.90 Å². The molecule has 0 fully saturated rings. The Morgan fingerprint density at radius 2 is 1.70 bits per heavy atom. The molecule has 33 heavy (non-hydrogen) atoms. The number of nitrogens with one attached hydrogen (secondary N) is 1. The van der Waals surface area contributed by atoms with Crippen LogP contribution in [0.3, 0.4) is 0 Å². The van der Waals surface area contributed by atoms with Crippen LogP contribution in [0.15, 0.2) is 83.8 Å². The van der Waals surface area contributed by atoms with E-state index < -0.39 is 21.9 Å². The van der Waals surface area contributed by atoms with E-state index in [2.05, 4.69) is 16.0 Å². The third-order valence-electron chi connectivity index (χ3n) is 5.29. The monoisotopic (exact) mass is 459 g/mol. The molecule has 0 spiro atoms. The van der Waals surface area contributed by atoms with E-state index >= 15 is 4.39 Å². The molecule has 5 aromatic rings. The quantitative estimate of drug-likeness (QED) is 0.412. The first-order valence-electron chi connectivity index (χ1n) is 9.85. The lowest BCUT2D eigenvalue weighted by molar-refractivity contribution is 0.248. The molecule has 4 aromatic carbocycles. The topological polar surface area (TPSA) is 107 Å². The van der Waals surface area contributed by atoms with E-state index in [1.54, 1.807) is 54.6 Å². The molecule has 0 aliphatic rings. The summed E-state index contributed by atoms with van der Waals surface area (Å²) in [7, 11) is -3.85. The molecule has 9 heteroatoms. The van der Waals surface area contributed by atoms with Crippen LogP contribution in [0.4, 0.5) is 14.9 Å². The first kappa shape index (κ1) is 20.7. The number of anilines is 1. The van der Waals surface area contributed by atoms with Gasteiger partial charge in [0.25, 0.3) is 10.0 Å². The fourth-order valence-corrected chi connectivity index (χ4v) is 5.05. The first-order chi connectivity index (χ1) is 15.8. The largest absolute Gasteiger partial charge is 0.350 e. The summed E-state index contributed by atoms with van der Waals surface area (Å²) in [5, 5.41) is 5.44. The molecule has 1 radical (unpaired) electrons. The molecule has 1 heterocycles. The van der Waals surface area contributed by atoms with Gasteiger partial charge in [-0.2, -0.15) is 9.78 Å². The van der Waals surface area contributed by atoms with Gasteiger partial charge in [-0.1, -0.05) is 54.6 Å². The smallest absolute Gasteiger partial charge is 0.340 e. The number of rotatable bonds is 4. The van der Waals surface area contributed by atoms with E-state index in [1.807, 2.05) is 18.2 Å². The van der Waals surface area contributed by atoms with Gasteiger partial charge in [-0.3, -0.25) is 4.72 Å². The van der Waals surface area contributed by atoms with Gasteiger partial charge in [-0.05, 0) is 35.2 Å². The lowest BCUT2D eigenvalue weighted by Crippen LogP contribution is -2.21. The van der Waals surface area contributed by atoms with Crippen molar-refractivity contribution in [2.75, 3.05) is 4.72 Å². The average molecular weight is 459 g/mol. The lowest BCUT2D eigenvalue weighted by Gasteiger charge is -2.12. The van der Waals surface area contributed by atoms with Gasteiger partial charge in [-0.15, -0.1) is 0 Å². The van der Waals surface area contributed by atoms with E-state index in [0.717, 1.165) is 10.1 Å². The molecule has 1 aromatic heterocycles. The Hall–Kier alpha value is -4.24. The summed E-state index contributed by atoms with van der Waals surface area (Å²) >= 11 is 0. The molecule has 3 N–H and O–H groups in total. The number of hydrogen-bond donors (Lipinski definition) is 2. The molecule has 7 nitrogen and oxygen atoms in total. The Labute approximate surface area is 188 Å². The van der Waals surface area contributed by atoms with Crippen molar-refractivity contribution in [3.63, 3.8) is 0 Å². The third-order valence-corrected chi connectivity index (χ3v) is 6.73. The first-order valence-corrected chi connectivity index (χ1v) is 11.3. The summed E-state index contributed by atoms with van der Waals surface area (Å²) < 4.78 is 44.5. The fourth-order valence-electron chi connectivity index (χ4n) is 3.76. The maximum Gasteiger partial charge on any atom is 0.340 e. The third kappa shape index (κ3) is 3.58. The number of hydrogen-bond acceptors (Lipinski definition) is 4. The van der Waals surface area contributed by atoms with E-state index in [1.165, 1.54) is 6.07 Å². The fraction of sp³-hybridized carbons (Fsp3) is 0. The summed E-state index contributed by atoms with van der Waals surface area (Å²) in [5.41, 5.74) is 6.20. The minimum absolute atomic E-state index is 0.0688. The van der Waals surface area contributed by atoms with Gasteiger partial charge in [-0.25, -0.2) is 17.6 Å². The van der Waals surface area contributed by atoms with Gasteiger partial charge < -0.3 is 5.73 Å². The molecule has 0 unspecified atom stereocenters. The molecule has 0 atom stereocenters. The number of halogens is 1. The molecule has 163 valence electrons. The zero-order chi connectivity index (χ0) is 23.2. The minimum atomic E-state index is -3.85. The number of sulfonamides is 1. The molecule has 5 rings (SSSR count). The summed E-state index contributed by atoms with van der Waals surface area (Å²) in [6.45, 7) is 0. The van der Waals surface area contributed by atoms with Crippen molar-refractivity contribution < 1.29 is 17.6 Å². The van der Waals surface area contributed by atoms with Crippen LogP contribution in [0.2, 0.25) is 0 Å². The number of carbonyl (C=O) groups excluding carboxylic acids is 1. The number of nitrogens with two attached hydrogens (primary N) is 1. The van der Waals surface area contributed by atoms with Gasteiger partial charge in [0.2, 0.25) is 0 Å². The number of carbonyl (C=O) groups is 1. The highest BCUT2D eigenvalue weighted by atomic mass is 32.2. The highest BCUT2D eigenvalue weighted by molar-refractivity contribution is 7.93. The van der Waals surface area contributed by atoms with Gasteiger partial charge in [0, 0.05) is 22.0 Å². The van der Waals surface area contributed by atoms with E-state index in [0.29, 0.717) is 22.0 Å². The zero-order valence-electron chi connectivity index (χ0n) is 17.0. The van der Waals surface area contributed by atoms with Crippen LogP contribution >= 0.6 is 0 Å². The highest BCUT2D eigenvalue weighted by Gasteiger charge is 2.19. The van der Waals surface area contributed by atoms with Crippen molar-refractivity contribution in [2.45, 2.75) is 4.90 Å². The standard InChI is InChI=1S/C24H16FN4O3S/c25-22-20(13-10-17-14-27-29(23(17)22)24(26)30)16-8-11-18(12-9-16)28-33(31,32)21-7-3-5-15-4-1-2-6-19(15)21/h1-13,28H,(H2,26,30). The minimum Gasteiger partial charge on any atom is -0.350 e. The van der Waals surface area contributed by atoms with Crippen LogP contribution in [-0.2, 0) is 10.0 Å². The maximum absolute atomic E-state index is 15.2. The maximum atomic E-state index is 15.2. The Morgan fingerprint density at radius 1 is 0.970 bits per heavy atom. The molecular weight excluding hydrogens is 443 g/mol. The van der Waals surface area contributed by atoms with E-state index in [4.69, 9.17) is 5.73 Å². The zero-order valence-corrected chi connectivity index (χ0v) is 17.8. The Bertz CT molecular complexity index is 1640. The molecule has 0 saturated carbocycles. The number of aromatic nitrogens is 2.